The summed E-state index contributed by atoms with van der Waals surface area (Å²) in [6.45, 7) is 0. The highest BCUT2D eigenvalue weighted by Gasteiger charge is 2.01. The molecular weight excluding hydrogens is 264 g/mol. The molecule has 0 aliphatic heterocycles. The van der Waals surface area contributed by atoms with Gasteiger partial charge in [0.25, 0.3) is 0 Å². The van der Waals surface area contributed by atoms with Crippen molar-refractivity contribution in [3.8, 4) is 0 Å². The molecule has 1 rings (SSSR count). The second kappa shape index (κ2) is 8.52. The molecule has 0 aliphatic carbocycles. The number of aromatic nitrogens is 1. The number of amides is 1. The predicted octanol–water partition coefficient (Wildman–Crippen LogP) is 1.66. The zero-order valence-electron chi connectivity index (χ0n) is 11.0. The van der Waals surface area contributed by atoms with Crippen LogP contribution in [0, 0.1) is 0 Å². The Hall–Kier alpha value is -2.57. The molecule has 0 bridgehead atoms. The van der Waals surface area contributed by atoms with Crippen molar-refractivity contribution < 1.29 is 23.8 Å². The van der Waals surface area contributed by atoms with Crippen LogP contribution in [0.15, 0.2) is 35.1 Å². The number of alkyl carbamates (subject to hydrolysis) is 1. The van der Waals surface area contributed by atoms with Gasteiger partial charge in [-0.2, -0.15) is 0 Å². The monoisotopic (exact) mass is 280 g/mol. The van der Waals surface area contributed by atoms with E-state index in [1.807, 2.05) is 0 Å². The number of nitrogens with one attached hydrogen (secondary N) is 1. The average molecular weight is 280 g/mol. The van der Waals surface area contributed by atoms with Crippen LogP contribution < -0.4 is 5.32 Å². The maximum Gasteiger partial charge on any atom is 0.410 e. The van der Waals surface area contributed by atoms with Gasteiger partial charge in [-0.25, -0.2) is 14.6 Å². The molecule has 0 atom stereocenters. The fourth-order valence-electron chi connectivity index (χ4n) is 1.32. The zero-order valence-corrected chi connectivity index (χ0v) is 11.0. The number of carboxylic acids is 1. The summed E-state index contributed by atoms with van der Waals surface area (Å²) in [5, 5.41) is 10.8. The van der Waals surface area contributed by atoms with Gasteiger partial charge in [0.1, 0.15) is 6.26 Å². The summed E-state index contributed by atoms with van der Waals surface area (Å²) < 4.78 is 9.62. The number of hydrogen-bond acceptors (Lipinski definition) is 5. The van der Waals surface area contributed by atoms with Gasteiger partial charge in [-0.15, -0.1) is 0 Å². The quantitative estimate of drug-likeness (QED) is 0.736. The van der Waals surface area contributed by atoms with E-state index in [9.17, 15) is 9.59 Å². The van der Waals surface area contributed by atoms with E-state index in [1.54, 1.807) is 12.2 Å². The minimum atomic E-state index is -0.964. The summed E-state index contributed by atoms with van der Waals surface area (Å²) >= 11 is 0. The molecule has 0 radical (unpaired) electrons. The summed E-state index contributed by atoms with van der Waals surface area (Å²) in [5.74, 6) is -0.445. The number of hydrogen-bond donors (Lipinski definition) is 2. The number of aliphatic carboxylic acids is 1. The van der Waals surface area contributed by atoms with E-state index in [1.165, 1.54) is 19.6 Å². The molecule has 0 saturated carbocycles. The lowest BCUT2D eigenvalue weighted by Gasteiger charge is -1.94. The van der Waals surface area contributed by atoms with Crippen LogP contribution in [0.5, 0.6) is 0 Å². The maximum atomic E-state index is 10.8. The van der Waals surface area contributed by atoms with Crippen LogP contribution in [0.1, 0.15) is 18.0 Å². The summed E-state index contributed by atoms with van der Waals surface area (Å²) in [6, 6.07) is 0. The summed E-state index contributed by atoms with van der Waals surface area (Å²) in [7, 11) is 1.28. The Labute approximate surface area is 115 Å². The van der Waals surface area contributed by atoms with Crippen molar-refractivity contribution in [1.29, 1.82) is 0 Å². The van der Waals surface area contributed by atoms with Gasteiger partial charge in [-0.1, -0.05) is 12.2 Å². The third-order valence-corrected chi connectivity index (χ3v) is 2.22. The third-order valence-electron chi connectivity index (χ3n) is 2.22. The third kappa shape index (κ3) is 6.39. The summed E-state index contributed by atoms with van der Waals surface area (Å²) in [6.07, 6.45) is 8.41. The van der Waals surface area contributed by atoms with E-state index in [4.69, 9.17) is 9.52 Å². The lowest BCUT2D eigenvalue weighted by atomic mass is 10.2. The Bertz CT molecular complexity index is 505. The van der Waals surface area contributed by atoms with Gasteiger partial charge < -0.3 is 14.3 Å². The minimum absolute atomic E-state index is 0.439. The number of oxazole rings is 1. The molecule has 20 heavy (non-hydrogen) atoms. The molecule has 2 N–H and O–H groups in total. The van der Waals surface area contributed by atoms with Crippen LogP contribution in [-0.4, -0.2) is 29.3 Å². The molecule has 0 saturated heterocycles. The van der Waals surface area contributed by atoms with E-state index in [2.05, 4.69) is 15.0 Å². The minimum Gasteiger partial charge on any atom is -0.478 e. The van der Waals surface area contributed by atoms with Gasteiger partial charge >= 0.3 is 12.1 Å². The van der Waals surface area contributed by atoms with Gasteiger partial charge in [-0.3, -0.25) is 5.32 Å². The van der Waals surface area contributed by atoms with Crippen LogP contribution in [0.2, 0.25) is 0 Å². The molecule has 7 heteroatoms. The Morgan fingerprint density at radius 2 is 2.30 bits per heavy atom. The number of methoxy groups -OCH3 is 1. The van der Waals surface area contributed by atoms with E-state index >= 15 is 0 Å². The largest absolute Gasteiger partial charge is 0.478 e. The molecule has 1 heterocycles. The number of carboxylic acid groups (broad SMARTS) is 1. The molecule has 0 unspecified atom stereocenters. The van der Waals surface area contributed by atoms with Crippen LogP contribution in [0.4, 0.5) is 4.79 Å². The van der Waals surface area contributed by atoms with E-state index in [-0.39, 0.29) is 0 Å². The molecule has 0 aliphatic rings. The number of ether oxygens (including phenoxy) is 1. The number of allylic oxidation sites excluding steroid dienone is 2. The normalized spacial score (nSPS) is 11.1. The van der Waals surface area contributed by atoms with Crippen molar-refractivity contribution in [2.75, 3.05) is 7.11 Å². The number of aryl methyl sites for hydroxylation is 1. The number of carbonyl (C=O) groups excluding carboxylic acids is 1. The van der Waals surface area contributed by atoms with Crippen LogP contribution >= 0.6 is 0 Å². The van der Waals surface area contributed by atoms with E-state index in [0.29, 0.717) is 25.2 Å². The van der Waals surface area contributed by atoms with Gasteiger partial charge in [0.15, 0.2) is 5.89 Å². The van der Waals surface area contributed by atoms with Crippen molar-refractivity contribution in [2.24, 2.45) is 0 Å². The number of nitrogens with zero attached hydrogens (tertiary/aromatic N) is 1. The average Bonchev–Trinajstić information content (AvgIpc) is 2.87. The molecule has 0 aromatic carbocycles. The Morgan fingerprint density at radius 3 is 3.00 bits per heavy atom. The first-order valence-corrected chi connectivity index (χ1v) is 5.94. The van der Waals surface area contributed by atoms with Crippen LogP contribution in [-0.2, 0) is 22.4 Å². The fraction of sp³-hybridized carbons (Fsp3) is 0.308. The van der Waals surface area contributed by atoms with E-state index in [0.717, 1.165) is 11.8 Å². The van der Waals surface area contributed by atoms with E-state index < -0.39 is 12.1 Å². The summed E-state index contributed by atoms with van der Waals surface area (Å²) in [5.41, 5.74) is 0.754. The lowest BCUT2D eigenvalue weighted by molar-refractivity contribution is -0.131. The van der Waals surface area contributed by atoms with Crippen molar-refractivity contribution in [1.82, 2.24) is 10.3 Å². The molecule has 1 amide bonds. The van der Waals surface area contributed by atoms with Crippen LogP contribution in [0.25, 0.3) is 0 Å². The molecule has 108 valence electrons. The maximum absolute atomic E-state index is 10.8. The Morgan fingerprint density at radius 1 is 1.50 bits per heavy atom. The number of carbonyl (C=O) groups is 2. The second-order valence-corrected chi connectivity index (χ2v) is 3.75. The SMILES string of the molecule is COC(=O)N/C=C\Cc1nc(CC/C=C\C(=O)O)co1. The Balaban J connectivity index is 2.32. The second-order valence-electron chi connectivity index (χ2n) is 3.75. The smallest absolute Gasteiger partial charge is 0.410 e. The highest BCUT2D eigenvalue weighted by molar-refractivity contribution is 5.79. The molecule has 7 nitrogen and oxygen atoms in total. The molecule has 1 aromatic rings. The fourth-order valence-corrected chi connectivity index (χ4v) is 1.32. The number of rotatable bonds is 7. The van der Waals surface area contributed by atoms with Crippen LogP contribution in [0.3, 0.4) is 0 Å². The molecule has 0 fully saturated rings. The molecular formula is C13H16N2O5. The lowest BCUT2D eigenvalue weighted by Crippen LogP contribution is -2.16. The van der Waals surface area contributed by atoms with Crippen molar-refractivity contribution in [3.63, 3.8) is 0 Å². The van der Waals surface area contributed by atoms with Gasteiger partial charge in [-0.05, 0) is 12.8 Å². The Kier molecular flexibility index (Phi) is 6.60. The molecule has 1 aromatic heterocycles. The first kappa shape index (κ1) is 15.5. The molecule has 0 spiro atoms. The van der Waals surface area contributed by atoms with Gasteiger partial charge in [0, 0.05) is 18.7 Å². The topological polar surface area (TPSA) is 102 Å². The highest BCUT2D eigenvalue weighted by Crippen LogP contribution is 2.06. The first-order valence-electron chi connectivity index (χ1n) is 5.94. The predicted molar refractivity (Wildman–Crippen MR) is 70.0 cm³/mol. The van der Waals surface area contributed by atoms with Gasteiger partial charge in [0.05, 0.1) is 12.8 Å². The highest BCUT2D eigenvalue weighted by atomic mass is 16.5. The van der Waals surface area contributed by atoms with Crippen molar-refractivity contribution >= 4 is 12.1 Å². The van der Waals surface area contributed by atoms with Gasteiger partial charge in [0.2, 0.25) is 0 Å². The first-order chi connectivity index (χ1) is 9.61. The van der Waals surface area contributed by atoms with Crippen molar-refractivity contribution in [2.45, 2.75) is 19.3 Å². The zero-order chi connectivity index (χ0) is 14.8. The summed E-state index contributed by atoms with van der Waals surface area (Å²) in [4.78, 5) is 25.2. The standard InChI is InChI=1S/C13H16N2O5/c1-19-13(18)14-8-4-6-11-15-10(9-20-11)5-2-3-7-12(16)17/h3-4,7-9H,2,5-6H2,1H3,(H,14,18)(H,16,17)/b7-3-,8-4-. The van der Waals surface area contributed by atoms with Crippen molar-refractivity contribution in [3.05, 3.63) is 42.3 Å².